The Morgan fingerprint density at radius 1 is 1.00 bits per heavy atom. The summed E-state index contributed by atoms with van der Waals surface area (Å²) in [6.45, 7) is 8.43. The van der Waals surface area contributed by atoms with Crippen molar-refractivity contribution in [3.8, 4) is 0 Å². The molecule has 0 radical (unpaired) electrons. The van der Waals surface area contributed by atoms with Crippen molar-refractivity contribution in [1.29, 1.82) is 0 Å². The van der Waals surface area contributed by atoms with Crippen molar-refractivity contribution in [1.82, 2.24) is 5.43 Å². The van der Waals surface area contributed by atoms with Gasteiger partial charge in [0, 0.05) is 5.02 Å². The number of hydrogen-bond donors (Lipinski definition) is 2. The SMILES string of the molecule is Cc1cc(C)c(C(Cc2ccc(C)cc2Cl)NN)c(C)c1. The Balaban J connectivity index is 2.37. The lowest BCUT2D eigenvalue weighted by Crippen LogP contribution is -2.30. The molecule has 112 valence electrons. The molecule has 0 aromatic heterocycles. The molecule has 2 rings (SSSR count). The van der Waals surface area contributed by atoms with Gasteiger partial charge in [0.25, 0.3) is 0 Å². The van der Waals surface area contributed by atoms with Crippen LogP contribution in [0, 0.1) is 27.7 Å². The average Bonchev–Trinajstić information content (AvgIpc) is 2.39. The minimum Gasteiger partial charge on any atom is -0.271 e. The maximum absolute atomic E-state index is 6.35. The zero-order chi connectivity index (χ0) is 15.6. The van der Waals surface area contributed by atoms with Gasteiger partial charge in [-0.3, -0.25) is 11.3 Å². The van der Waals surface area contributed by atoms with E-state index in [-0.39, 0.29) is 6.04 Å². The largest absolute Gasteiger partial charge is 0.271 e. The molecule has 2 nitrogen and oxygen atoms in total. The average molecular weight is 303 g/mol. The minimum atomic E-state index is 0.0609. The molecule has 0 bridgehead atoms. The summed E-state index contributed by atoms with van der Waals surface area (Å²) in [7, 11) is 0. The quantitative estimate of drug-likeness (QED) is 0.652. The molecule has 0 aliphatic carbocycles. The van der Waals surface area contributed by atoms with Crippen LogP contribution in [0.1, 0.15) is 39.4 Å². The Morgan fingerprint density at radius 2 is 1.62 bits per heavy atom. The molecular formula is C18H23ClN2. The van der Waals surface area contributed by atoms with Crippen molar-refractivity contribution in [2.45, 2.75) is 40.2 Å². The number of rotatable bonds is 4. The van der Waals surface area contributed by atoms with Gasteiger partial charge in [0.1, 0.15) is 0 Å². The van der Waals surface area contributed by atoms with Crippen LogP contribution in [0.5, 0.6) is 0 Å². The number of benzene rings is 2. The van der Waals surface area contributed by atoms with Gasteiger partial charge < -0.3 is 0 Å². The molecule has 0 saturated carbocycles. The zero-order valence-corrected chi connectivity index (χ0v) is 13.9. The maximum atomic E-state index is 6.35. The van der Waals surface area contributed by atoms with Crippen molar-refractivity contribution in [3.63, 3.8) is 0 Å². The van der Waals surface area contributed by atoms with Crippen LogP contribution in [-0.2, 0) is 6.42 Å². The van der Waals surface area contributed by atoms with Crippen LogP contribution in [0.3, 0.4) is 0 Å². The van der Waals surface area contributed by atoms with Crippen molar-refractivity contribution in [2.24, 2.45) is 5.84 Å². The van der Waals surface area contributed by atoms with Crippen molar-refractivity contribution < 1.29 is 0 Å². The first kappa shape index (κ1) is 16.0. The molecule has 0 aliphatic rings. The predicted molar refractivity (Wildman–Crippen MR) is 90.6 cm³/mol. The van der Waals surface area contributed by atoms with Gasteiger partial charge in [-0.1, -0.05) is 41.4 Å². The molecule has 0 heterocycles. The van der Waals surface area contributed by atoms with Crippen LogP contribution < -0.4 is 11.3 Å². The molecule has 0 fully saturated rings. The van der Waals surface area contributed by atoms with E-state index in [0.717, 1.165) is 17.0 Å². The number of aryl methyl sites for hydroxylation is 4. The van der Waals surface area contributed by atoms with E-state index in [9.17, 15) is 0 Å². The van der Waals surface area contributed by atoms with E-state index in [1.807, 2.05) is 13.0 Å². The zero-order valence-electron chi connectivity index (χ0n) is 13.1. The van der Waals surface area contributed by atoms with Gasteiger partial charge in [0.2, 0.25) is 0 Å². The summed E-state index contributed by atoms with van der Waals surface area (Å²) in [5, 5.41) is 0.803. The van der Waals surface area contributed by atoms with Crippen molar-refractivity contribution in [3.05, 3.63) is 68.7 Å². The highest BCUT2D eigenvalue weighted by atomic mass is 35.5. The number of hydrazine groups is 1. The monoisotopic (exact) mass is 302 g/mol. The number of halogens is 1. The van der Waals surface area contributed by atoms with E-state index in [1.54, 1.807) is 0 Å². The highest BCUT2D eigenvalue weighted by Crippen LogP contribution is 2.28. The molecule has 1 unspecified atom stereocenters. The van der Waals surface area contributed by atoms with Crippen LogP contribution in [0.2, 0.25) is 5.02 Å². The summed E-state index contributed by atoms with van der Waals surface area (Å²) in [6.07, 6.45) is 0.778. The van der Waals surface area contributed by atoms with Crippen molar-refractivity contribution >= 4 is 11.6 Å². The Bertz CT molecular complexity index is 627. The fourth-order valence-electron chi connectivity index (χ4n) is 3.02. The van der Waals surface area contributed by atoms with E-state index >= 15 is 0 Å². The molecule has 0 aliphatic heterocycles. The maximum Gasteiger partial charge on any atom is 0.0506 e. The standard InChI is InChI=1S/C18H23ClN2/c1-11-5-6-15(16(19)9-11)10-17(21-20)18-13(3)7-12(2)8-14(18)4/h5-9,17,21H,10,20H2,1-4H3. The Morgan fingerprint density at radius 3 is 2.14 bits per heavy atom. The number of nitrogens with one attached hydrogen (secondary N) is 1. The first-order valence-corrected chi connectivity index (χ1v) is 7.59. The molecular weight excluding hydrogens is 280 g/mol. The Kier molecular flexibility index (Phi) is 5.04. The smallest absolute Gasteiger partial charge is 0.0506 e. The third kappa shape index (κ3) is 3.65. The fraction of sp³-hybridized carbons (Fsp3) is 0.333. The number of hydrogen-bond acceptors (Lipinski definition) is 2. The van der Waals surface area contributed by atoms with Crippen LogP contribution in [0.25, 0.3) is 0 Å². The van der Waals surface area contributed by atoms with Gasteiger partial charge in [-0.15, -0.1) is 0 Å². The van der Waals surface area contributed by atoms with Gasteiger partial charge >= 0.3 is 0 Å². The second-order valence-electron chi connectivity index (χ2n) is 5.83. The summed E-state index contributed by atoms with van der Waals surface area (Å²) in [4.78, 5) is 0. The van der Waals surface area contributed by atoms with Gasteiger partial charge in [-0.2, -0.15) is 0 Å². The Hall–Kier alpha value is -1.35. The summed E-state index contributed by atoms with van der Waals surface area (Å²) >= 11 is 6.35. The normalized spacial score (nSPS) is 12.5. The first-order valence-electron chi connectivity index (χ1n) is 7.21. The third-order valence-corrected chi connectivity index (χ3v) is 4.27. The molecule has 3 N–H and O–H groups in total. The lowest BCUT2D eigenvalue weighted by atomic mass is 9.90. The summed E-state index contributed by atoms with van der Waals surface area (Å²) in [5.41, 5.74) is 10.3. The van der Waals surface area contributed by atoms with E-state index in [0.29, 0.717) is 0 Å². The number of nitrogens with two attached hydrogens (primary N) is 1. The molecule has 0 spiro atoms. The fourth-order valence-corrected chi connectivity index (χ4v) is 3.34. The van der Waals surface area contributed by atoms with Gasteiger partial charge in [-0.05, 0) is 68.0 Å². The Labute approximate surface area is 132 Å². The highest BCUT2D eigenvalue weighted by molar-refractivity contribution is 6.31. The van der Waals surface area contributed by atoms with Crippen LogP contribution in [0.15, 0.2) is 30.3 Å². The van der Waals surface area contributed by atoms with E-state index in [4.69, 9.17) is 17.4 Å². The van der Waals surface area contributed by atoms with E-state index in [2.05, 4.69) is 50.5 Å². The van der Waals surface area contributed by atoms with Gasteiger partial charge in [-0.25, -0.2) is 0 Å². The highest BCUT2D eigenvalue weighted by Gasteiger charge is 2.17. The topological polar surface area (TPSA) is 38.0 Å². The van der Waals surface area contributed by atoms with Gasteiger partial charge in [0.15, 0.2) is 0 Å². The molecule has 3 heteroatoms. The summed E-state index contributed by atoms with van der Waals surface area (Å²) < 4.78 is 0. The van der Waals surface area contributed by atoms with Crippen LogP contribution in [-0.4, -0.2) is 0 Å². The molecule has 1 atom stereocenters. The third-order valence-electron chi connectivity index (χ3n) is 3.92. The molecule has 2 aromatic carbocycles. The van der Waals surface area contributed by atoms with Crippen LogP contribution in [0.4, 0.5) is 0 Å². The lowest BCUT2D eigenvalue weighted by Gasteiger charge is -2.22. The lowest BCUT2D eigenvalue weighted by molar-refractivity contribution is 0.546. The van der Waals surface area contributed by atoms with Gasteiger partial charge in [0.05, 0.1) is 6.04 Å². The van der Waals surface area contributed by atoms with Crippen LogP contribution >= 0.6 is 11.6 Å². The second-order valence-corrected chi connectivity index (χ2v) is 6.24. The van der Waals surface area contributed by atoms with Crippen molar-refractivity contribution in [2.75, 3.05) is 0 Å². The second kappa shape index (κ2) is 6.61. The molecule has 0 amide bonds. The minimum absolute atomic E-state index is 0.0609. The summed E-state index contributed by atoms with van der Waals surface area (Å²) in [6, 6.07) is 10.6. The van der Waals surface area contributed by atoms with E-state index in [1.165, 1.54) is 27.8 Å². The summed E-state index contributed by atoms with van der Waals surface area (Å²) in [5.74, 6) is 5.82. The first-order chi connectivity index (χ1) is 9.92. The molecule has 0 saturated heterocycles. The van der Waals surface area contributed by atoms with E-state index < -0.39 is 0 Å². The predicted octanol–water partition coefficient (Wildman–Crippen LogP) is 4.32. The molecule has 2 aromatic rings. The molecule has 21 heavy (non-hydrogen) atoms.